The van der Waals surface area contributed by atoms with E-state index in [0.29, 0.717) is 28.8 Å². The third-order valence-electron chi connectivity index (χ3n) is 6.16. The molecule has 0 spiro atoms. The van der Waals surface area contributed by atoms with Crippen LogP contribution in [0.4, 0.5) is 4.79 Å². The first-order valence-corrected chi connectivity index (χ1v) is 16.3. The van der Waals surface area contributed by atoms with Crippen molar-refractivity contribution in [2.45, 2.75) is 97.0 Å². The number of rotatable bonds is 10. The molecule has 1 rings (SSSR count). The van der Waals surface area contributed by atoms with Gasteiger partial charge in [0, 0.05) is 6.04 Å². The van der Waals surface area contributed by atoms with Crippen LogP contribution in [0.25, 0.3) is 0 Å². The molecule has 2 amide bonds. The topological polar surface area (TPSA) is 71.0 Å². The maximum atomic E-state index is 13.4. The van der Waals surface area contributed by atoms with E-state index in [1.807, 2.05) is 57.4 Å². The maximum Gasteiger partial charge on any atom is 0.350 e. The Bertz CT molecular complexity index is 909. The molecule has 0 aliphatic rings. The maximum absolute atomic E-state index is 13.4. The Morgan fingerprint density at radius 3 is 2.11 bits per heavy atom. The van der Waals surface area contributed by atoms with Crippen LogP contribution < -0.4 is 5.32 Å². The number of hydrogen-bond acceptors (Lipinski definition) is 5. The van der Waals surface area contributed by atoms with E-state index in [-0.39, 0.29) is 0 Å². The van der Waals surface area contributed by atoms with Gasteiger partial charge < -0.3 is 10.1 Å². The van der Waals surface area contributed by atoms with Crippen molar-refractivity contribution in [3.05, 3.63) is 35.9 Å². The molecule has 0 heterocycles. The number of hydrazone groups is 1. The fourth-order valence-corrected chi connectivity index (χ4v) is 10.1. The number of hydrogen-bond donors (Lipinski definition) is 1. The van der Waals surface area contributed by atoms with E-state index in [4.69, 9.17) is 4.74 Å². The molecule has 0 unspecified atom stereocenters. The minimum atomic E-state index is -2.11. The molecular formula is C28H45N3O3SSi. The van der Waals surface area contributed by atoms with Crippen LogP contribution in [-0.2, 0) is 9.53 Å². The first-order valence-electron chi connectivity index (χ1n) is 12.7. The molecule has 0 bridgehead atoms. The molecule has 0 aliphatic carbocycles. The number of thioether (sulfide) groups is 1. The third-order valence-corrected chi connectivity index (χ3v) is 13.1. The SMILES string of the molecule is CSCC[C@H](NC(=O)N(C#C[Si](C(C)C)(C(C)C)C(C)C)/N=C/c1ccccc1)C(=O)OC(C)(C)C. The average molecular weight is 532 g/mol. The normalized spacial score (nSPS) is 13.0. The van der Waals surface area contributed by atoms with Gasteiger partial charge in [-0.15, -0.1) is 10.6 Å². The Kier molecular flexibility index (Phi) is 12.8. The van der Waals surface area contributed by atoms with Crippen LogP contribution in [0, 0.1) is 11.6 Å². The molecule has 0 saturated carbocycles. The van der Waals surface area contributed by atoms with Gasteiger partial charge in [-0.05, 0) is 61.4 Å². The summed E-state index contributed by atoms with van der Waals surface area (Å²) in [5.74, 6) is 0.243. The van der Waals surface area contributed by atoms with Crippen LogP contribution in [0.3, 0.4) is 0 Å². The third kappa shape index (κ3) is 9.66. The summed E-state index contributed by atoms with van der Waals surface area (Å²) in [6.07, 6.45) is 4.03. The minimum Gasteiger partial charge on any atom is -0.458 e. The zero-order valence-corrected chi connectivity index (χ0v) is 25.5. The first-order chi connectivity index (χ1) is 16.7. The smallest absolute Gasteiger partial charge is 0.350 e. The molecule has 8 heteroatoms. The van der Waals surface area contributed by atoms with Crippen molar-refractivity contribution in [2.75, 3.05) is 12.0 Å². The molecule has 0 radical (unpaired) electrons. The van der Waals surface area contributed by atoms with Crippen LogP contribution in [0.5, 0.6) is 0 Å². The van der Waals surface area contributed by atoms with Gasteiger partial charge in [0.05, 0.1) is 6.21 Å². The van der Waals surface area contributed by atoms with Gasteiger partial charge in [-0.25, -0.2) is 9.59 Å². The standard InChI is InChI=1S/C28H45N3O3SSi/c1-21(2)36(22(3)4,23(5)6)19-17-31(29-20-24-14-12-11-13-15-24)27(33)30-25(16-18-35-10)26(32)34-28(7,8)9/h11-15,20-23,25H,16,18H2,1-10H3,(H,30,33)/b29-20+/t25-/m0/s1. The van der Waals surface area contributed by atoms with Crippen LogP contribution in [0.1, 0.15) is 74.3 Å². The van der Waals surface area contributed by atoms with Gasteiger partial charge in [-0.2, -0.15) is 16.9 Å². The number of urea groups is 1. The molecule has 0 aliphatic heterocycles. The van der Waals surface area contributed by atoms with Gasteiger partial charge in [0.15, 0.2) is 0 Å². The van der Waals surface area contributed by atoms with E-state index in [0.717, 1.165) is 10.6 Å². The predicted molar refractivity (Wildman–Crippen MR) is 156 cm³/mol. The van der Waals surface area contributed by atoms with Crippen LogP contribution >= 0.6 is 11.8 Å². The first kappa shape index (κ1) is 31.8. The summed E-state index contributed by atoms with van der Waals surface area (Å²) >= 11 is 1.61. The predicted octanol–water partition coefficient (Wildman–Crippen LogP) is 6.67. The van der Waals surface area contributed by atoms with Gasteiger partial charge in [-0.3, -0.25) is 0 Å². The fraction of sp³-hybridized carbons (Fsp3) is 0.607. The lowest BCUT2D eigenvalue weighted by Crippen LogP contribution is -2.48. The molecule has 0 saturated heterocycles. The summed E-state index contributed by atoms with van der Waals surface area (Å²) in [6, 6.07) is 11.3. The van der Waals surface area contributed by atoms with Gasteiger partial charge in [0.25, 0.3) is 0 Å². The van der Waals surface area contributed by atoms with Crippen molar-refractivity contribution in [3.63, 3.8) is 0 Å². The van der Waals surface area contributed by atoms with Crippen molar-refractivity contribution < 1.29 is 14.3 Å². The van der Waals surface area contributed by atoms with E-state index in [9.17, 15) is 9.59 Å². The molecule has 200 valence electrons. The van der Waals surface area contributed by atoms with Gasteiger partial charge in [-0.1, -0.05) is 71.9 Å². The van der Waals surface area contributed by atoms with Crippen LogP contribution in [-0.4, -0.2) is 54.9 Å². The van der Waals surface area contributed by atoms with Crippen molar-refractivity contribution in [3.8, 4) is 11.6 Å². The highest BCUT2D eigenvalue weighted by molar-refractivity contribution is 7.98. The second-order valence-electron chi connectivity index (χ2n) is 10.9. The van der Waals surface area contributed by atoms with Gasteiger partial charge >= 0.3 is 12.0 Å². The van der Waals surface area contributed by atoms with Crippen LogP contribution in [0.15, 0.2) is 35.4 Å². The molecular weight excluding hydrogens is 486 g/mol. The molecule has 6 nitrogen and oxygen atoms in total. The lowest BCUT2D eigenvalue weighted by Gasteiger charge is -2.38. The zero-order chi connectivity index (χ0) is 27.5. The number of benzene rings is 1. The highest BCUT2D eigenvalue weighted by Crippen LogP contribution is 2.40. The molecule has 1 N–H and O–H groups in total. The van der Waals surface area contributed by atoms with Crippen LogP contribution in [0.2, 0.25) is 16.6 Å². The number of nitrogens with zero attached hydrogens (tertiary/aromatic N) is 2. The highest BCUT2D eigenvalue weighted by atomic mass is 32.2. The summed E-state index contributed by atoms with van der Waals surface area (Å²) in [6.45, 7) is 18.8. The van der Waals surface area contributed by atoms with Crippen molar-refractivity contribution in [2.24, 2.45) is 5.10 Å². The minimum absolute atomic E-state index is 0.407. The average Bonchev–Trinajstić information content (AvgIpc) is 2.77. The summed E-state index contributed by atoms with van der Waals surface area (Å²) in [5.41, 5.74) is 4.97. The number of amides is 2. The second-order valence-corrected chi connectivity index (χ2v) is 17.5. The lowest BCUT2D eigenvalue weighted by atomic mass is 10.1. The molecule has 0 aromatic heterocycles. The van der Waals surface area contributed by atoms with E-state index < -0.39 is 31.7 Å². The summed E-state index contributed by atoms with van der Waals surface area (Å²) in [4.78, 5) is 26.3. The second kappa shape index (κ2) is 14.5. The Morgan fingerprint density at radius 2 is 1.64 bits per heavy atom. The Labute approximate surface area is 224 Å². The number of ether oxygens (including phenoxy) is 1. The number of esters is 1. The summed E-state index contributed by atoms with van der Waals surface area (Å²) in [7, 11) is -2.11. The van der Waals surface area contributed by atoms with E-state index >= 15 is 0 Å². The lowest BCUT2D eigenvalue weighted by molar-refractivity contribution is -0.157. The van der Waals surface area contributed by atoms with Crippen molar-refractivity contribution in [1.82, 2.24) is 10.3 Å². The number of carbonyl (C=O) groups excluding carboxylic acids is 2. The van der Waals surface area contributed by atoms with Gasteiger partial charge in [0.2, 0.25) is 0 Å². The van der Waals surface area contributed by atoms with E-state index in [2.05, 4.69) is 63.5 Å². The fourth-order valence-electron chi connectivity index (χ4n) is 4.45. The molecule has 1 aromatic carbocycles. The Hall–Kier alpha value is -2.24. The molecule has 1 atom stereocenters. The summed E-state index contributed by atoms with van der Waals surface area (Å²) < 4.78 is 5.57. The quantitative estimate of drug-likeness (QED) is 0.0913. The number of carbonyl (C=O) groups is 2. The van der Waals surface area contributed by atoms with Crippen molar-refractivity contribution in [1.29, 1.82) is 0 Å². The van der Waals surface area contributed by atoms with E-state index in [1.165, 1.54) is 0 Å². The Morgan fingerprint density at radius 1 is 1.08 bits per heavy atom. The summed E-state index contributed by atoms with van der Waals surface area (Å²) in [5, 5.41) is 8.41. The van der Waals surface area contributed by atoms with E-state index in [1.54, 1.807) is 18.0 Å². The largest absolute Gasteiger partial charge is 0.458 e. The Balaban J connectivity index is 3.41. The number of nitrogens with one attached hydrogen (secondary N) is 1. The molecule has 0 fully saturated rings. The zero-order valence-electron chi connectivity index (χ0n) is 23.7. The molecule has 36 heavy (non-hydrogen) atoms. The molecule has 1 aromatic rings. The highest BCUT2D eigenvalue weighted by Gasteiger charge is 2.42. The van der Waals surface area contributed by atoms with Crippen molar-refractivity contribution >= 4 is 38.1 Å². The van der Waals surface area contributed by atoms with Gasteiger partial charge in [0.1, 0.15) is 19.7 Å². The monoisotopic (exact) mass is 531 g/mol.